The highest BCUT2D eigenvalue weighted by molar-refractivity contribution is 9.10. The number of rotatable bonds is 3. The van der Waals surface area contributed by atoms with Crippen LogP contribution in [0.2, 0.25) is 0 Å². The zero-order valence-corrected chi connectivity index (χ0v) is 11.6. The van der Waals surface area contributed by atoms with Crippen LogP contribution in [0.4, 0.5) is 4.39 Å². The normalized spacial score (nSPS) is 10.1. The van der Waals surface area contributed by atoms with Crippen molar-refractivity contribution in [2.45, 2.75) is 0 Å². The van der Waals surface area contributed by atoms with E-state index < -0.39 is 5.82 Å². The minimum Gasteiger partial charge on any atom is -0.456 e. The lowest BCUT2D eigenvalue weighted by Gasteiger charge is -2.08. The SMILES string of the molecule is CNC(=O)c1cc(Oc2cc(F)ccc2Br)ccn1. The Morgan fingerprint density at radius 1 is 1.37 bits per heavy atom. The molecule has 1 heterocycles. The summed E-state index contributed by atoms with van der Waals surface area (Å²) in [6, 6.07) is 7.19. The van der Waals surface area contributed by atoms with Gasteiger partial charge in [0.05, 0.1) is 4.47 Å². The van der Waals surface area contributed by atoms with Crippen LogP contribution < -0.4 is 10.1 Å². The molecule has 0 spiro atoms. The smallest absolute Gasteiger partial charge is 0.269 e. The zero-order chi connectivity index (χ0) is 13.8. The summed E-state index contributed by atoms with van der Waals surface area (Å²) in [7, 11) is 1.51. The lowest BCUT2D eigenvalue weighted by Crippen LogP contribution is -2.18. The van der Waals surface area contributed by atoms with Crippen LogP contribution in [-0.2, 0) is 0 Å². The number of hydrogen-bond acceptors (Lipinski definition) is 3. The minimum absolute atomic E-state index is 0.229. The van der Waals surface area contributed by atoms with Crippen molar-refractivity contribution in [1.82, 2.24) is 10.3 Å². The second-order valence-electron chi connectivity index (χ2n) is 3.63. The van der Waals surface area contributed by atoms with E-state index >= 15 is 0 Å². The topological polar surface area (TPSA) is 51.2 Å². The molecule has 0 aliphatic carbocycles. The number of aromatic nitrogens is 1. The second-order valence-corrected chi connectivity index (χ2v) is 4.49. The van der Waals surface area contributed by atoms with E-state index in [-0.39, 0.29) is 11.6 Å². The number of ether oxygens (including phenoxy) is 1. The Balaban J connectivity index is 2.28. The highest BCUT2D eigenvalue weighted by Gasteiger charge is 2.08. The van der Waals surface area contributed by atoms with Gasteiger partial charge in [-0.1, -0.05) is 0 Å². The highest BCUT2D eigenvalue weighted by Crippen LogP contribution is 2.30. The molecular weight excluding hydrogens is 315 g/mol. The first kappa shape index (κ1) is 13.5. The number of nitrogens with one attached hydrogen (secondary N) is 1. The lowest BCUT2D eigenvalue weighted by atomic mass is 10.3. The number of hydrogen-bond donors (Lipinski definition) is 1. The fraction of sp³-hybridized carbons (Fsp3) is 0.0769. The summed E-state index contributed by atoms with van der Waals surface area (Å²) >= 11 is 3.26. The van der Waals surface area contributed by atoms with Crippen molar-refractivity contribution in [2.75, 3.05) is 7.05 Å². The number of pyridine rings is 1. The predicted molar refractivity (Wildman–Crippen MR) is 71.8 cm³/mol. The Labute approximate surface area is 117 Å². The van der Waals surface area contributed by atoms with E-state index in [1.54, 1.807) is 12.1 Å². The number of benzene rings is 1. The Bertz CT molecular complexity index is 619. The van der Waals surface area contributed by atoms with Crippen molar-refractivity contribution >= 4 is 21.8 Å². The average molecular weight is 325 g/mol. The molecule has 1 aromatic heterocycles. The molecule has 19 heavy (non-hydrogen) atoms. The van der Waals surface area contributed by atoms with Gasteiger partial charge < -0.3 is 10.1 Å². The van der Waals surface area contributed by atoms with Gasteiger partial charge in [-0.15, -0.1) is 0 Å². The molecule has 0 radical (unpaired) electrons. The molecule has 0 saturated heterocycles. The highest BCUT2D eigenvalue weighted by atomic mass is 79.9. The summed E-state index contributed by atoms with van der Waals surface area (Å²) in [5.74, 6) is 0.0106. The van der Waals surface area contributed by atoms with E-state index in [0.29, 0.717) is 16.0 Å². The third-order valence-electron chi connectivity index (χ3n) is 2.31. The van der Waals surface area contributed by atoms with Crippen LogP contribution in [0.1, 0.15) is 10.5 Å². The van der Waals surface area contributed by atoms with Gasteiger partial charge in [0.25, 0.3) is 5.91 Å². The van der Waals surface area contributed by atoms with E-state index in [2.05, 4.69) is 26.2 Å². The quantitative estimate of drug-likeness (QED) is 0.943. The van der Waals surface area contributed by atoms with Gasteiger partial charge in [0.1, 0.15) is 23.0 Å². The Kier molecular flexibility index (Phi) is 4.11. The first-order valence-corrected chi connectivity index (χ1v) is 6.20. The number of amides is 1. The molecule has 0 aliphatic heterocycles. The van der Waals surface area contributed by atoms with Gasteiger partial charge in [-0.2, -0.15) is 0 Å². The molecule has 0 atom stereocenters. The summed E-state index contributed by atoms with van der Waals surface area (Å²) < 4.78 is 19.3. The molecule has 2 rings (SSSR count). The molecular formula is C13H10BrFN2O2. The molecule has 6 heteroatoms. The fourth-order valence-corrected chi connectivity index (χ4v) is 1.74. The van der Waals surface area contributed by atoms with E-state index in [1.807, 2.05) is 0 Å². The second kappa shape index (κ2) is 5.79. The number of carbonyl (C=O) groups is 1. The van der Waals surface area contributed by atoms with Gasteiger partial charge in [-0.25, -0.2) is 4.39 Å². The van der Waals surface area contributed by atoms with E-state index in [0.717, 1.165) is 0 Å². The molecule has 1 N–H and O–H groups in total. The van der Waals surface area contributed by atoms with Crippen LogP contribution in [0.15, 0.2) is 41.0 Å². The minimum atomic E-state index is -0.404. The molecule has 0 aliphatic rings. The molecule has 2 aromatic rings. The first-order valence-electron chi connectivity index (χ1n) is 5.41. The van der Waals surface area contributed by atoms with Crippen LogP contribution in [0.25, 0.3) is 0 Å². The van der Waals surface area contributed by atoms with Gasteiger partial charge >= 0.3 is 0 Å². The zero-order valence-electron chi connectivity index (χ0n) is 9.98. The molecule has 0 bridgehead atoms. The van der Waals surface area contributed by atoms with E-state index in [9.17, 15) is 9.18 Å². The third-order valence-corrected chi connectivity index (χ3v) is 2.97. The largest absolute Gasteiger partial charge is 0.456 e. The van der Waals surface area contributed by atoms with E-state index in [4.69, 9.17) is 4.74 Å². The summed E-state index contributed by atoms with van der Waals surface area (Å²) in [6.07, 6.45) is 1.45. The summed E-state index contributed by atoms with van der Waals surface area (Å²) in [5.41, 5.74) is 0.229. The maximum atomic E-state index is 13.1. The van der Waals surface area contributed by atoms with Crippen LogP contribution in [0.3, 0.4) is 0 Å². The van der Waals surface area contributed by atoms with Crippen LogP contribution in [0.5, 0.6) is 11.5 Å². The standard InChI is InChI=1S/C13H10BrFN2O2/c1-16-13(18)11-7-9(4-5-17-11)19-12-6-8(15)2-3-10(12)14/h2-7H,1H3,(H,16,18). The maximum absolute atomic E-state index is 13.1. The Hall–Kier alpha value is -1.95. The predicted octanol–water partition coefficient (Wildman–Crippen LogP) is 3.14. The van der Waals surface area contributed by atoms with Crippen LogP contribution in [0, 0.1) is 5.82 Å². The van der Waals surface area contributed by atoms with Crippen molar-refractivity contribution in [1.29, 1.82) is 0 Å². The summed E-state index contributed by atoms with van der Waals surface area (Å²) in [5, 5.41) is 2.47. The first-order chi connectivity index (χ1) is 9.10. The third kappa shape index (κ3) is 3.29. The molecule has 0 unspecified atom stereocenters. The van der Waals surface area contributed by atoms with Gasteiger partial charge in [0.2, 0.25) is 0 Å². The maximum Gasteiger partial charge on any atom is 0.269 e. The number of halogens is 2. The number of carbonyl (C=O) groups excluding carboxylic acids is 1. The van der Waals surface area contributed by atoms with Crippen LogP contribution in [-0.4, -0.2) is 17.9 Å². The average Bonchev–Trinajstić information content (AvgIpc) is 2.42. The van der Waals surface area contributed by atoms with Crippen molar-refractivity contribution < 1.29 is 13.9 Å². The Morgan fingerprint density at radius 2 is 2.16 bits per heavy atom. The summed E-state index contributed by atoms with van der Waals surface area (Å²) in [6.45, 7) is 0. The molecule has 4 nitrogen and oxygen atoms in total. The Morgan fingerprint density at radius 3 is 2.89 bits per heavy atom. The van der Waals surface area contributed by atoms with E-state index in [1.165, 1.54) is 31.4 Å². The fourth-order valence-electron chi connectivity index (χ4n) is 1.41. The van der Waals surface area contributed by atoms with Gasteiger partial charge in [-0.3, -0.25) is 9.78 Å². The molecule has 0 fully saturated rings. The van der Waals surface area contributed by atoms with Crippen molar-refractivity contribution in [2.24, 2.45) is 0 Å². The van der Waals surface area contributed by atoms with Crippen molar-refractivity contribution in [3.05, 3.63) is 52.5 Å². The monoisotopic (exact) mass is 324 g/mol. The van der Waals surface area contributed by atoms with Crippen molar-refractivity contribution in [3.63, 3.8) is 0 Å². The molecule has 0 saturated carbocycles. The molecule has 1 amide bonds. The molecule has 98 valence electrons. The summed E-state index contributed by atoms with van der Waals surface area (Å²) in [4.78, 5) is 15.4. The molecule has 1 aromatic carbocycles. The van der Waals surface area contributed by atoms with Gasteiger partial charge in [0, 0.05) is 25.4 Å². The van der Waals surface area contributed by atoms with Crippen LogP contribution >= 0.6 is 15.9 Å². The van der Waals surface area contributed by atoms with Gasteiger partial charge in [0.15, 0.2) is 0 Å². The number of nitrogens with zero attached hydrogens (tertiary/aromatic N) is 1. The lowest BCUT2D eigenvalue weighted by molar-refractivity contribution is 0.0958. The van der Waals surface area contributed by atoms with Crippen molar-refractivity contribution in [3.8, 4) is 11.5 Å². The van der Waals surface area contributed by atoms with Gasteiger partial charge in [-0.05, 0) is 34.1 Å².